The molecule has 19 heavy (non-hydrogen) atoms. The monoisotopic (exact) mass is 286 g/mol. The van der Waals surface area contributed by atoms with Crippen molar-refractivity contribution >= 4 is 10.4 Å². The van der Waals surface area contributed by atoms with Gasteiger partial charge in [-0.1, -0.05) is 30.3 Å². The molecule has 1 N–H and O–H groups in total. The topological polar surface area (TPSA) is 63.6 Å². The fourth-order valence-corrected chi connectivity index (χ4v) is 1.96. The van der Waals surface area contributed by atoms with Gasteiger partial charge >= 0.3 is 10.4 Å². The third kappa shape index (κ3) is 3.07. The highest BCUT2D eigenvalue weighted by molar-refractivity contribution is 7.81. The number of benzene rings is 2. The predicted molar refractivity (Wildman–Crippen MR) is 64.0 cm³/mol. The van der Waals surface area contributed by atoms with Gasteiger partial charge in [0.2, 0.25) is 0 Å². The summed E-state index contributed by atoms with van der Waals surface area (Å²) in [5.41, 5.74) is -0.156. The Morgan fingerprint density at radius 3 is 2.21 bits per heavy atom. The predicted octanol–water partition coefficient (Wildman–Crippen LogP) is 2.81. The molecule has 0 atom stereocenters. The summed E-state index contributed by atoms with van der Waals surface area (Å²) < 4.78 is 61.3. The molecule has 0 saturated carbocycles. The highest BCUT2D eigenvalue weighted by Gasteiger charge is 2.19. The maximum atomic E-state index is 13.8. The zero-order chi connectivity index (χ0) is 14.0. The Hall–Kier alpha value is -1.99. The molecule has 0 aromatic heterocycles. The first-order valence-corrected chi connectivity index (χ1v) is 6.45. The second-order valence-corrected chi connectivity index (χ2v) is 4.63. The molecular formula is C12H8F2O4S. The van der Waals surface area contributed by atoms with Gasteiger partial charge in [-0.15, -0.1) is 0 Å². The first-order chi connectivity index (χ1) is 8.88. The summed E-state index contributed by atoms with van der Waals surface area (Å²) in [6, 6.07) is 9.33. The average molecular weight is 286 g/mol. The normalized spacial score (nSPS) is 11.3. The van der Waals surface area contributed by atoms with Gasteiger partial charge in [0.15, 0.2) is 17.4 Å². The van der Waals surface area contributed by atoms with Crippen LogP contribution in [-0.4, -0.2) is 13.0 Å². The average Bonchev–Trinajstić information content (AvgIpc) is 2.34. The molecule has 0 aliphatic carbocycles. The lowest BCUT2D eigenvalue weighted by atomic mass is 10.0. The van der Waals surface area contributed by atoms with Gasteiger partial charge < -0.3 is 4.18 Å². The van der Waals surface area contributed by atoms with Crippen LogP contribution in [0.25, 0.3) is 11.1 Å². The summed E-state index contributed by atoms with van der Waals surface area (Å²) in [5, 5.41) is 0. The lowest BCUT2D eigenvalue weighted by Gasteiger charge is -2.10. The van der Waals surface area contributed by atoms with E-state index in [4.69, 9.17) is 4.55 Å². The Bertz CT molecular complexity index is 699. The van der Waals surface area contributed by atoms with E-state index in [0.29, 0.717) is 6.07 Å². The molecule has 0 aliphatic rings. The van der Waals surface area contributed by atoms with E-state index in [-0.39, 0.29) is 11.1 Å². The first-order valence-electron chi connectivity index (χ1n) is 5.09. The van der Waals surface area contributed by atoms with Crippen molar-refractivity contribution in [1.82, 2.24) is 0 Å². The van der Waals surface area contributed by atoms with Crippen LogP contribution >= 0.6 is 0 Å². The molecule has 2 aromatic carbocycles. The van der Waals surface area contributed by atoms with Gasteiger partial charge in [-0.3, -0.25) is 4.55 Å². The van der Waals surface area contributed by atoms with Crippen LogP contribution in [0.5, 0.6) is 5.75 Å². The van der Waals surface area contributed by atoms with Crippen LogP contribution in [0.15, 0.2) is 42.5 Å². The molecule has 100 valence electrons. The molecule has 0 aliphatic heterocycles. The van der Waals surface area contributed by atoms with Crippen molar-refractivity contribution in [2.75, 3.05) is 0 Å². The number of hydrogen-bond acceptors (Lipinski definition) is 3. The van der Waals surface area contributed by atoms with Crippen LogP contribution in [0, 0.1) is 11.6 Å². The number of halogens is 2. The Morgan fingerprint density at radius 2 is 1.63 bits per heavy atom. The van der Waals surface area contributed by atoms with E-state index in [9.17, 15) is 17.2 Å². The van der Waals surface area contributed by atoms with E-state index in [1.165, 1.54) is 12.1 Å². The number of rotatable bonds is 3. The molecule has 0 radical (unpaired) electrons. The highest BCUT2D eigenvalue weighted by Crippen LogP contribution is 2.34. The molecule has 0 bridgehead atoms. The van der Waals surface area contributed by atoms with Crippen LogP contribution in [0.4, 0.5) is 8.78 Å². The van der Waals surface area contributed by atoms with Crippen molar-refractivity contribution in [3.63, 3.8) is 0 Å². The van der Waals surface area contributed by atoms with E-state index < -0.39 is 27.8 Å². The van der Waals surface area contributed by atoms with Crippen molar-refractivity contribution in [3.05, 3.63) is 54.1 Å². The largest absolute Gasteiger partial charge is 0.446 e. The van der Waals surface area contributed by atoms with E-state index in [0.717, 1.165) is 6.07 Å². The highest BCUT2D eigenvalue weighted by atomic mass is 32.3. The van der Waals surface area contributed by atoms with Gasteiger partial charge in [0.1, 0.15) is 0 Å². The SMILES string of the molecule is O=S(=O)(O)Oc1ccc(F)c(F)c1-c1ccccc1. The van der Waals surface area contributed by atoms with E-state index >= 15 is 0 Å². The van der Waals surface area contributed by atoms with E-state index in [1.54, 1.807) is 18.2 Å². The third-order valence-corrected chi connectivity index (χ3v) is 2.70. The van der Waals surface area contributed by atoms with E-state index in [1.807, 2.05) is 0 Å². The van der Waals surface area contributed by atoms with Crippen LogP contribution < -0.4 is 4.18 Å². The zero-order valence-electron chi connectivity index (χ0n) is 9.38. The van der Waals surface area contributed by atoms with Gasteiger partial charge in [-0.05, 0) is 17.7 Å². The van der Waals surface area contributed by atoms with Crippen molar-refractivity contribution in [2.45, 2.75) is 0 Å². The quantitative estimate of drug-likeness (QED) is 0.881. The van der Waals surface area contributed by atoms with Crippen molar-refractivity contribution in [3.8, 4) is 16.9 Å². The van der Waals surface area contributed by atoms with Crippen LogP contribution in [0.1, 0.15) is 0 Å². The van der Waals surface area contributed by atoms with Crippen molar-refractivity contribution < 1.29 is 25.9 Å². The fraction of sp³-hybridized carbons (Fsp3) is 0. The fourth-order valence-electron chi connectivity index (χ4n) is 1.59. The standard InChI is InChI=1S/C12H8F2O4S/c13-9-6-7-10(18-19(15,16)17)11(12(9)14)8-4-2-1-3-5-8/h1-7H,(H,15,16,17). The second kappa shape index (κ2) is 4.94. The molecule has 2 rings (SSSR count). The maximum absolute atomic E-state index is 13.8. The second-order valence-electron chi connectivity index (χ2n) is 3.61. The molecule has 0 saturated heterocycles. The molecule has 0 fully saturated rings. The minimum absolute atomic E-state index is 0.221. The van der Waals surface area contributed by atoms with Gasteiger partial charge in [0.05, 0.1) is 5.56 Å². The Balaban J connectivity index is 2.66. The summed E-state index contributed by atoms with van der Waals surface area (Å²) in [6.07, 6.45) is 0. The van der Waals surface area contributed by atoms with Gasteiger partial charge in [-0.2, -0.15) is 8.42 Å². The minimum Gasteiger partial charge on any atom is -0.361 e. The summed E-state index contributed by atoms with van der Waals surface area (Å²) in [7, 11) is -4.83. The van der Waals surface area contributed by atoms with Crippen LogP contribution in [0.3, 0.4) is 0 Å². The van der Waals surface area contributed by atoms with Gasteiger partial charge in [0, 0.05) is 0 Å². The van der Waals surface area contributed by atoms with Crippen LogP contribution in [-0.2, 0) is 10.4 Å². The lowest BCUT2D eigenvalue weighted by Crippen LogP contribution is -2.08. The minimum atomic E-state index is -4.83. The van der Waals surface area contributed by atoms with Gasteiger partial charge in [0.25, 0.3) is 0 Å². The summed E-state index contributed by atoms with van der Waals surface area (Å²) in [5.74, 6) is -2.90. The molecule has 0 amide bonds. The first kappa shape index (κ1) is 13.4. The third-order valence-electron chi connectivity index (χ3n) is 2.31. The Labute approximate surface area is 108 Å². The summed E-state index contributed by atoms with van der Waals surface area (Å²) in [4.78, 5) is 0. The Morgan fingerprint density at radius 1 is 1.00 bits per heavy atom. The summed E-state index contributed by atoms with van der Waals surface area (Å²) >= 11 is 0. The molecular weight excluding hydrogens is 278 g/mol. The smallest absolute Gasteiger partial charge is 0.361 e. The molecule has 2 aromatic rings. The van der Waals surface area contributed by atoms with Crippen molar-refractivity contribution in [2.24, 2.45) is 0 Å². The summed E-state index contributed by atoms with van der Waals surface area (Å²) in [6.45, 7) is 0. The zero-order valence-corrected chi connectivity index (χ0v) is 10.2. The molecule has 0 spiro atoms. The molecule has 0 heterocycles. The van der Waals surface area contributed by atoms with Crippen molar-refractivity contribution in [1.29, 1.82) is 0 Å². The Kier molecular flexibility index (Phi) is 3.50. The number of hydrogen-bond donors (Lipinski definition) is 1. The molecule has 7 heteroatoms. The van der Waals surface area contributed by atoms with Gasteiger partial charge in [-0.25, -0.2) is 8.78 Å². The maximum Gasteiger partial charge on any atom is 0.446 e. The van der Waals surface area contributed by atoms with E-state index in [2.05, 4.69) is 4.18 Å². The van der Waals surface area contributed by atoms with Crippen LogP contribution in [0.2, 0.25) is 0 Å². The lowest BCUT2D eigenvalue weighted by molar-refractivity contribution is 0.385. The molecule has 4 nitrogen and oxygen atoms in total. The molecule has 0 unspecified atom stereocenters.